The number of nitrogens with zero attached hydrogens (tertiary/aromatic N) is 2. The van der Waals surface area contributed by atoms with E-state index in [9.17, 15) is 5.11 Å². The second-order valence-corrected chi connectivity index (χ2v) is 5.20. The summed E-state index contributed by atoms with van der Waals surface area (Å²) in [4.78, 5) is 6.81. The number of fused-ring (bicyclic) bond motifs is 1. The van der Waals surface area contributed by atoms with Crippen molar-refractivity contribution in [3.8, 4) is 5.88 Å². The zero-order valence-corrected chi connectivity index (χ0v) is 11.6. The molecule has 1 saturated heterocycles. The lowest BCUT2D eigenvalue weighted by Crippen LogP contribution is -2.25. The smallest absolute Gasteiger partial charge is 0.221 e. The van der Waals surface area contributed by atoms with Crippen LogP contribution in [0.3, 0.4) is 0 Å². The monoisotopic (exact) mass is 272 g/mol. The van der Waals surface area contributed by atoms with Gasteiger partial charge in [0.25, 0.3) is 0 Å². The van der Waals surface area contributed by atoms with Gasteiger partial charge in [0, 0.05) is 11.9 Å². The maximum atomic E-state index is 9.29. The topological polar surface area (TPSA) is 45.6 Å². The van der Waals surface area contributed by atoms with E-state index in [1.165, 1.54) is 25.9 Å². The van der Waals surface area contributed by atoms with Gasteiger partial charge in [-0.25, -0.2) is 4.98 Å². The lowest BCUT2D eigenvalue weighted by Gasteiger charge is -2.15. The molecular weight excluding hydrogens is 252 g/mol. The van der Waals surface area contributed by atoms with Crippen molar-refractivity contribution in [2.24, 2.45) is 0 Å². The highest BCUT2D eigenvalue weighted by molar-refractivity contribution is 5.87. The highest BCUT2D eigenvalue weighted by Crippen LogP contribution is 2.24. The Labute approximate surface area is 119 Å². The van der Waals surface area contributed by atoms with Crippen molar-refractivity contribution in [1.82, 2.24) is 9.88 Å². The lowest BCUT2D eigenvalue weighted by molar-refractivity contribution is 0.231. The van der Waals surface area contributed by atoms with Crippen LogP contribution in [-0.2, 0) is 6.61 Å². The number of aromatic nitrogens is 1. The summed E-state index contributed by atoms with van der Waals surface area (Å²) in [5.41, 5.74) is 0.653. The van der Waals surface area contributed by atoms with Crippen LogP contribution in [0.15, 0.2) is 30.3 Å². The molecule has 4 heteroatoms. The first kappa shape index (κ1) is 13.3. The van der Waals surface area contributed by atoms with E-state index >= 15 is 0 Å². The van der Waals surface area contributed by atoms with Gasteiger partial charge in [-0.3, -0.25) is 4.90 Å². The summed E-state index contributed by atoms with van der Waals surface area (Å²) in [5.74, 6) is 0.631. The number of ether oxygens (including phenoxy) is 1. The van der Waals surface area contributed by atoms with Gasteiger partial charge < -0.3 is 9.84 Å². The van der Waals surface area contributed by atoms with Crippen LogP contribution < -0.4 is 4.74 Å². The Morgan fingerprint density at radius 2 is 2.00 bits per heavy atom. The van der Waals surface area contributed by atoms with Gasteiger partial charge in [-0.15, -0.1) is 0 Å². The average molecular weight is 272 g/mol. The van der Waals surface area contributed by atoms with Crippen LogP contribution in [0.1, 0.15) is 18.5 Å². The first-order chi connectivity index (χ1) is 9.86. The molecule has 0 spiro atoms. The Kier molecular flexibility index (Phi) is 4.14. The molecule has 1 N–H and O–H groups in total. The molecule has 106 valence electrons. The molecule has 0 amide bonds. The first-order valence-electron chi connectivity index (χ1n) is 7.21. The minimum absolute atomic E-state index is 0.0622. The van der Waals surface area contributed by atoms with Crippen molar-refractivity contribution >= 4 is 10.8 Å². The summed E-state index contributed by atoms with van der Waals surface area (Å²) in [5, 5.41) is 11.4. The number of rotatable bonds is 5. The molecule has 0 unspecified atom stereocenters. The highest BCUT2D eigenvalue weighted by atomic mass is 16.5. The number of likely N-dealkylation sites (tertiary alicyclic amines) is 1. The summed E-state index contributed by atoms with van der Waals surface area (Å²) >= 11 is 0. The predicted octanol–water partition coefficient (Wildman–Crippen LogP) is 2.20. The van der Waals surface area contributed by atoms with Gasteiger partial charge in [-0.2, -0.15) is 0 Å². The zero-order valence-electron chi connectivity index (χ0n) is 11.6. The van der Waals surface area contributed by atoms with Gasteiger partial charge in [0.1, 0.15) is 6.61 Å². The predicted molar refractivity (Wildman–Crippen MR) is 78.8 cm³/mol. The Bertz CT molecular complexity index is 580. The molecule has 4 nitrogen and oxygen atoms in total. The first-order valence-corrected chi connectivity index (χ1v) is 7.21. The van der Waals surface area contributed by atoms with E-state index in [0.717, 1.165) is 17.3 Å². The van der Waals surface area contributed by atoms with Crippen LogP contribution >= 0.6 is 0 Å². The maximum Gasteiger partial charge on any atom is 0.221 e. The molecule has 0 radical (unpaired) electrons. The minimum atomic E-state index is -0.0622. The summed E-state index contributed by atoms with van der Waals surface area (Å²) < 4.78 is 5.86. The number of hydrogen-bond acceptors (Lipinski definition) is 4. The average Bonchev–Trinajstić information content (AvgIpc) is 3.00. The van der Waals surface area contributed by atoms with Crippen molar-refractivity contribution in [2.75, 3.05) is 26.2 Å². The van der Waals surface area contributed by atoms with Crippen LogP contribution in [-0.4, -0.2) is 41.2 Å². The SMILES string of the molecule is OCc1cc2ccccc2c(OCCN2CCCC2)n1. The van der Waals surface area contributed by atoms with E-state index in [-0.39, 0.29) is 6.61 Å². The van der Waals surface area contributed by atoms with Gasteiger partial charge in [-0.1, -0.05) is 18.2 Å². The quantitative estimate of drug-likeness (QED) is 0.906. The Balaban J connectivity index is 1.75. The summed E-state index contributed by atoms with van der Waals surface area (Å²) in [6, 6.07) is 9.90. The van der Waals surface area contributed by atoms with E-state index in [1.54, 1.807) is 0 Å². The second kappa shape index (κ2) is 6.20. The summed E-state index contributed by atoms with van der Waals surface area (Å²) in [6.07, 6.45) is 2.59. The van der Waals surface area contributed by atoms with E-state index in [1.807, 2.05) is 30.3 Å². The Hall–Kier alpha value is -1.65. The molecule has 0 atom stereocenters. The third-order valence-electron chi connectivity index (χ3n) is 3.77. The zero-order chi connectivity index (χ0) is 13.8. The minimum Gasteiger partial charge on any atom is -0.476 e. The summed E-state index contributed by atoms with van der Waals surface area (Å²) in [7, 11) is 0. The number of pyridine rings is 1. The Morgan fingerprint density at radius 1 is 1.20 bits per heavy atom. The van der Waals surface area contributed by atoms with Crippen molar-refractivity contribution < 1.29 is 9.84 Å². The van der Waals surface area contributed by atoms with Crippen LogP contribution in [0, 0.1) is 0 Å². The van der Waals surface area contributed by atoms with Crippen molar-refractivity contribution in [3.05, 3.63) is 36.0 Å². The number of aliphatic hydroxyl groups excluding tert-OH is 1. The van der Waals surface area contributed by atoms with Crippen LogP contribution in [0.25, 0.3) is 10.8 Å². The van der Waals surface area contributed by atoms with Gasteiger partial charge in [0.05, 0.1) is 12.3 Å². The molecule has 1 aliphatic rings. The Morgan fingerprint density at radius 3 is 2.80 bits per heavy atom. The van der Waals surface area contributed by atoms with Crippen LogP contribution in [0.2, 0.25) is 0 Å². The molecule has 0 bridgehead atoms. The fraction of sp³-hybridized carbons (Fsp3) is 0.438. The van der Waals surface area contributed by atoms with Gasteiger partial charge >= 0.3 is 0 Å². The van der Waals surface area contributed by atoms with E-state index in [4.69, 9.17) is 4.74 Å². The fourth-order valence-electron chi connectivity index (χ4n) is 2.69. The molecule has 1 aromatic heterocycles. The van der Waals surface area contributed by atoms with Crippen LogP contribution in [0.4, 0.5) is 0 Å². The molecule has 2 aromatic rings. The molecule has 0 saturated carbocycles. The molecule has 1 fully saturated rings. The molecule has 1 aromatic carbocycles. The van der Waals surface area contributed by atoms with Gasteiger partial charge in [-0.05, 0) is 43.5 Å². The van der Waals surface area contributed by atoms with Crippen molar-refractivity contribution in [3.63, 3.8) is 0 Å². The fourth-order valence-corrected chi connectivity index (χ4v) is 2.69. The third kappa shape index (κ3) is 2.92. The second-order valence-electron chi connectivity index (χ2n) is 5.20. The van der Waals surface area contributed by atoms with E-state index in [2.05, 4.69) is 9.88 Å². The lowest BCUT2D eigenvalue weighted by atomic mass is 10.1. The molecule has 2 heterocycles. The van der Waals surface area contributed by atoms with Crippen molar-refractivity contribution in [1.29, 1.82) is 0 Å². The number of benzene rings is 1. The normalized spacial score (nSPS) is 15.8. The van der Waals surface area contributed by atoms with Gasteiger partial charge in [0.2, 0.25) is 5.88 Å². The maximum absolute atomic E-state index is 9.29. The van der Waals surface area contributed by atoms with Crippen LogP contribution in [0.5, 0.6) is 5.88 Å². The molecule has 1 aliphatic heterocycles. The molecule has 3 rings (SSSR count). The molecule has 20 heavy (non-hydrogen) atoms. The largest absolute Gasteiger partial charge is 0.476 e. The van der Waals surface area contributed by atoms with Gasteiger partial charge in [0.15, 0.2) is 0 Å². The number of hydrogen-bond donors (Lipinski definition) is 1. The standard InChI is InChI=1S/C16H20N2O2/c19-12-14-11-13-5-1-2-6-15(13)16(17-14)20-10-9-18-7-3-4-8-18/h1-2,5-6,11,19H,3-4,7-10,12H2. The highest BCUT2D eigenvalue weighted by Gasteiger charge is 2.12. The third-order valence-corrected chi connectivity index (χ3v) is 3.77. The van der Waals surface area contributed by atoms with E-state index in [0.29, 0.717) is 18.2 Å². The summed E-state index contributed by atoms with van der Waals surface area (Å²) in [6.45, 7) is 3.88. The number of aliphatic hydroxyl groups is 1. The molecule has 0 aliphatic carbocycles. The molecular formula is C16H20N2O2. The van der Waals surface area contributed by atoms with E-state index < -0.39 is 0 Å². The van der Waals surface area contributed by atoms with Crippen molar-refractivity contribution in [2.45, 2.75) is 19.4 Å².